The van der Waals surface area contributed by atoms with Crippen LogP contribution in [0.25, 0.3) is 0 Å². The first-order valence-electron chi connectivity index (χ1n) is 3.71. The summed E-state index contributed by atoms with van der Waals surface area (Å²) in [5.74, 6) is 0. The number of rotatable bonds is 5. The first-order chi connectivity index (χ1) is 5.31. The molecule has 0 spiro atoms. The standard InChI is InChI=1S/C7H14O4/c1-2-10-7(9)11-6-4-3-5-8/h8H,2-6H2,1H3. The lowest BCUT2D eigenvalue weighted by molar-refractivity contribution is 0.0569. The van der Waals surface area contributed by atoms with E-state index in [-0.39, 0.29) is 6.61 Å². The van der Waals surface area contributed by atoms with Crippen LogP contribution in [0.15, 0.2) is 0 Å². The topological polar surface area (TPSA) is 55.8 Å². The van der Waals surface area contributed by atoms with Crippen LogP contribution in [0.4, 0.5) is 4.79 Å². The van der Waals surface area contributed by atoms with Crippen LogP contribution >= 0.6 is 0 Å². The molecule has 0 saturated heterocycles. The van der Waals surface area contributed by atoms with Gasteiger partial charge in [-0.3, -0.25) is 0 Å². The Morgan fingerprint density at radius 2 is 2.09 bits per heavy atom. The van der Waals surface area contributed by atoms with E-state index in [0.29, 0.717) is 26.1 Å². The van der Waals surface area contributed by atoms with Crippen molar-refractivity contribution in [3.8, 4) is 0 Å². The molecule has 0 rings (SSSR count). The maximum absolute atomic E-state index is 10.5. The molecule has 0 fully saturated rings. The second kappa shape index (κ2) is 7.34. The van der Waals surface area contributed by atoms with Gasteiger partial charge in [-0.15, -0.1) is 0 Å². The number of ether oxygens (including phenoxy) is 2. The zero-order chi connectivity index (χ0) is 8.53. The quantitative estimate of drug-likeness (QED) is 0.482. The smallest absolute Gasteiger partial charge is 0.435 e. The summed E-state index contributed by atoms with van der Waals surface area (Å²) >= 11 is 0. The fourth-order valence-electron chi connectivity index (χ4n) is 0.529. The minimum Gasteiger partial charge on any atom is -0.435 e. The maximum Gasteiger partial charge on any atom is 0.508 e. The molecule has 4 nitrogen and oxygen atoms in total. The van der Waals surface area contributed by atoms with Crippen LogP contribution in [-0.2, 0) is 9.47 Å². The zero-order valence-corrected chi connectivity index (χ0v) is 6.71. The van der Waals surface area contributed by atoms with E-state index in [4.69, 9.17) is 5.11 Å². The largest absolute Gasteiger partial charge is 0.508 e. The van der Waals surface area contributed by atoms with Gasteiger partial charge in [-0.2, -0.15) is 0 Å². The fraction of sp³-hybridized carbons (Fsp3) is 0.857. The molecule has 0 unspecified atom stereocenters. The molecule has 0 aliphatic rings. The predicted molar refractivity (Wildman–Crippen MR) is 39.3 cm³/mol. The lowest BCUT2D eigenvalue weighted by Gasteiger charge is -2.02. The number of aliphatic hydroxyl groups excluding tert-OH is 1. The lowest BCUT2D eigenvalue weighted by atomic mass is 10.3. The highest BCUT2D eigenvalue weighted by Gasteiger charge is 1.99. The monoisotopic (exact) mass is 162 g/mol. The Bertz CT molecular complexity index is 103. The van der Waals surface area contributed by atoms with E-state index in [2.05, 4.69) is 9.47 Å². The molecule has 0 bridgehead atoms. The van der Waals surface area contributed by atoms with Crippen molar-refractivity contribution in [2.45, 2.75) is 19.8 Å². The second-order valence-corrected chi connectivity index (χ2v) is 1.96. The number of hydrogen-bond donors (Lipinski definition) is 1. The van der Waals surface area contributed by atoms with Gasteiger partial charge in [-0.05, 0) is 19.8 Å². The number of aliphatic hydroxyl groups is 1. The van der Waals surface area contributed by atoms with Gasteiger partial charge in [0, 0.05) is 6.61 Å². The third-order valence-electron chi connectivity index (χ3n) is 1.03. The van der Waals surface area contributed by atoms with Gasteiger partial charge >= 0.3 is 6.16 Å². The van der Waals surface area contributed by atoms with Crippen LogP contribution in [0.2, 0.25) is 0 Å². The summed E-state index contributed by atoms with van der Waals surface area (Å²) in [5, 5.41) is 8.36. The van der Waals surface area contributed by atoms with Crippen molar-refractivity contribution in [3.63, 3.8) is 0 Å². The summed E-state index contributed by atoms with van der Waals surface area (Å²) in [6.45, 7) is 2.50. The minimum absolute atomic E-state index is 0.131. The number of carbonyl (C=O) groups excluding carboxylic acids is 1. The van der Waals surface area contributed by atoms with Gasteiger partial charge in [0.1, 0.15) is 0 Å². The average Bonchev–Trinajstić information content (AvgIpc) is 1.99. The van der Waals surface area contributed by atoms with Gasteiger partial charge < -0.3 is 14.6 Å². The Balaban J connectivity index is 3.04. The zero-order valence-electron chi connectivity index (χ0n) is 6.71. The van der Waals surface area contributed by atoms with Crippen molar-refractivity contribution in [3.05, 3.63) is 0 Å². The van der Waals surface area contributed by atoms with Crippen molar-refractivity contribution in [2.24, 2.45) is 0 Å². The molecule has 0 amide bonds. The van der Waals surface area contributed by atoms with Crippen molar-refractivity contribution in [1.82, 2.24) is 0 Å². The van der Waals surface area contributed by atoms with E-state index in [9.17, 15) is 4.79 Å². The molecule has 0 aliphatic heterocycles. The second-order valence-electron chi connectivity index (χ2n) is 1.96. The van der Waals surface area contributed by atoms with Crippen LogP contribution in [0, 0.1) is 0 Å². The molecule has 1 N–H and O–H groups in total. The normalized spacial score (nSPS) is 9.27. The SMILES string of the molecule is CCOC(=O)OCCCCO. The third-order valence-corrected chi connectivity index (χ3v) is 1.03. The van der Waals surface area contributed by atoms with Gasteiger partial charge in [0.25, 0.3) is 0 Å². The van der Waals surface area contributed by atoms with E-state index in [1.54, 1.807) is 6.92 Å². The molecule has 0 atom stereocenters. The molecule has 0 aromatic rings. The highest BCUT2D eigenvalue weighted by atomic mass is 16.7. The van der Waals surface area contributed by atoms with Crippen LogP contribution in [-0.4, -0.2) is 31.1 Å². The molecular formula is C7H14O4. The fourth-order valence-corrected chi connectivity index (χ4v) is 0.529. The summed E-state index contributed by atoms with van der Waals surface area (Å²) < 4.78 is 9.11. The molecule has 0 aromatic heterocycles. The van der Waals surface area contributed by atoms with Gasteiger partial charge in [-0.1, -0.05) is 0 Å². The highest BCUT2D eigenvalue weighted by molar-refractivity contribution is 5.59. The molecule has 66 valence electrons. The maximum atomic E-state index is 10.5. The first kappa shape index (κ1) is 10.2. The molecule has 4 heteroatoms. The van der Waals surface area contributed by atoms with Gasteiger partial charge in [0.15, 0.2) is 0 Å². The molecule has 0 saturated carbocycles. The highest BCUT2D eigenvalue weighted by Crippen LogP contribution is 1.91. The Morgan fingerprint density at radius 3 is 2.64 bits per heavy atom. The van der Waals surface area contributed by atoms with E-state index in [1.807, 2.05) is 0 Å². The number of unbranched alkanes of at least 4 members (excludes halogenated alkanes) is 1. The summed E-state index contributed by atoms with van der Waals surface area (Å²) in [5.41, 5.74) is 0. The van der Waals surface area contributed by atoms with Crippen LogP contribution in [0.1, 0.15) is 19.8 Å². The molecule has 0 heterocycles. The van der Waals surface area contributed by atoms with Crippen molar-refractivity contribution in [2.75, 3.05) is 19.8 Å². The van der Waals surface area contributed by atoms with E-state index in [0.717, 1.165) is 0 Å². The molecule has 0 radical (unpaired) electrons. The summed E-state index contributed by atoms with van der Waals surface area (Å²) in [6.07, 6.45) is 0.694. The Morgan fingerprint density at radius 1 is 1.36 bits per heavy atom. The third kappa shape index (κ3) is 7.12. The van der Waals surface area contributed by atoms with Crippen LogP contribution in [0.3, 0.4) is 0 Å². The van der Waals surface area contributed by atoms with E-state index < -0.39 is 6.16 Å². The Labute approximate surface area is 66.1 Å². The Hall–Kier alpha value is -0.770. The average molecular weight is 162 g/mol. The lowest BCUT2D eigenvalue weighted by Crippen LogP contribution is -2.08. The van der Waals surface area contributed by atoms with Crippen molar-refractivity contribution in [1.29, 1.82) is 0 Å². The van der Waals surface area contributed by atoms with Gasteiger partial charge in [-0.25, -0.2) is 4.79 Å². The van der Waals surface area contributed by atoms with Crippen molar-refractivity contribution >= 4 is 6.16 Å². The summed E-state index contributed by atoms with van der Waals surface area (Å²) in [4.78, 5) is 10.5. The van der Waals surface area contributed by atoms with Gasteiger partial charge in [0.05, 0.1) is 13.2 Å². The van der Waals surface area contributed by atoms with Crippen LogP contribution < -0.4 is 0 Å². The Kier molecular flexibility index (Phi) is 6.82. The first-order valence-corrected chi connectivity index (χ1v) is 3.71. The van der Waals surface area contributed by atoms with Crippen molar-refractivity contribution < 1.29 is 19.4 Å². The molecule has 0 aromatic carbocycles. The van der Waals surface area contributed by atoms with E-state index >= 15 is 0 Å². The van der Waals surface area contributed by atoms with E-state index in [1.165, 1.54) is 0 Å². The van der Waals surface area contributed by atoms with Crippen LogP contribution in [0.5, 0.6) is 0 Å². The predicted octanol–water partition coefficient (Wildman–Crippen LogP) is 0.932. The number of carbonyl (C=O) groups is 1. The molecule has 0 aliphatic carbocycles. The molecular weight excluding hydrogens is 148 g/mol. The molecule has 11 heavy (non-hydrogen) atoms. The number of hydrogen-bond acceptors (Lipinski definition) is 4. The van der Waals surface area contributed by atoms with Gasteiger partial charge in [0.2, 0.25) is 0 Å². The summed E-state index contributed by atoms with van der Waals surface area (Å²) in [6, 6.07) is 0. The summed E-state index contributed by atoms with van der Waals surface area (Å²) in [7, 11) is 0. The minimum atomic E-state index is -0.634.